The lowest BCUT2D eigenvalue weighted by molar-refractivity contribution is -0.121. The Morgan fingerprint density at radius 1 is 1.41 bits per heavy atom. The zero-order valence-electron chi connectivity index (χ0n) is 9.27. The molecule has 0 atom stereocenters. The molecule has 2 aromatic rings. The minimum Gasteiger partial charge on any atom is -0.349 e. The van der Waals surface area contributed by atoms with Crippen LogP contribution in [0, 0.1) is 0 Å². The van der Waals surface area contributed by atoms with E-state index in [1.165, 1.54) is 0 Å². The van der Waals surface area contributed by atoms with Gasteiger partial charge in [0.25, 0.3) is 0 Å². The first-order valence-corrected chi connectivity index (χ1v) is 5.96. The molecule has 0 unspecified atom stereocenters. The highest BCUT2D eigenvalue weighted by Gasteiger charge is 2.06. The number of alkyl halides is 1. The van der Waals surface area contributed by atoms with Crippen molar-refractivity contribution in [2.75, 3.05) is 5.88 Å². The van der Waals surface area contributed by atoms with Gasteiger partial charge in [0.15, 0.2) is 11.5 Å². The van der Waals surface area contributed by atoms with Gasteiger partial charge in [0, 0.05) is 18.5 Å². The van der Waals surface area contributed by atoms with Crippen LogP contribution in [-0.2, 0) is 11.3 Å². The van der Waals surface area contributed by atoms with Crippen molar-refractivity contribution >= 4 is 23.2 Å². The van der Waals surface area contributed by atoms with Crippen molar-refractivity contribution in [3.8, 4) is 0 Å². The molecule has 90 valence electrons. The Balaban J connectivity index is 1.97. The molecule has 0 aliphatic heterocycles. The molecule has 0 bridgehead atoms. The SMILES string of the molecule is O=C(CCCCl)NCc1nnc2ccccn12. The van der Waals surface area contributed by atoms with Gasteiger partial charge in [-0.3, -0.25) is 9.20 Å². The second-order valence-corrected chi connectivity index (χ2v) is 3.99. The van der Waals surface area contributed by atoms with Gasteiger partial charge in [-0.05, 0) is 18.6 Å². The summed E-state index contributed by atoms with van der Waals surface area (Å²) >= 11 is 5.52. The zero-order chi connectivity index (χ0) is 12.1. The first-order valence-electron chi connectivity index (χ1n) is 5.42. The van der Waals surface area contributed by atoms with Gasteiger partial charge in [0.05, 0.1) is 6.54 Å². The third-order valence-corrected chi connectivity index (χ3v) is 2.63. The van der Waals surface area contributed by atoms with E-state index in [2.05, 4.69) is 15.5 Å². The number of halogens is 1. The second kappa shape index (κ2) is 5.63. The number of pyridine rings is 1. The van der Waals surface area contributed by atoms with E-state index in [0.717, 1.165) is 11.5 Å². The first kappa shape index (κ1) is 11.9. The summed E-state index contributed by atoms with van der Waals surface area (Å²) in [6, 6.07) is 5.66. The number of hydrogen-bond donors (Lipinski definition) is 1. The van der Waals surface area contributed by atoms with Crippen LogP contribution in [0.1, 0.15) is 18.7 Å². The number of amides is 1. The number of nitrogens with zero attached hydrogens (tertiary/aromatic N) is 3. The van der Waals surface area contributed by atoms with Crippen LogP contribution < -0.4 is 5.32 Å². The van der Waals surface area contributed by atoms with Gasteiger partial charge in [-0.2, -0.15) is 0 Å². The fourth-order valence-electron chi connectivity index (χ4n) is 1.50. The molecule has 0 aliphatic carbocycles. The van der Waals surface area contributed by atoms with Crippen LogP contribution in [-0.4, -0.2) is 26.4 Å². The highest BCUT2D eigenvalue weighted by atomic mass is 35.5. The van der Waals surface area contributed by atoms with E-state index in [1.54, 1.807) is 0 Å². The van der Waals surface area contributed by atoms with Crippen LogP contribution in [0.15, 0.2) is 24.4 Å². The number of fused-ring (bicyclic) bond motifs is 1. The monoisotopic (exact) mass is 252 g/mol. The second-order valence-electron chi connectivity index (χ2n) is 3.61. The number of carbonyl (C=O) groups excluding carboxylic acids is 1. The van der Waals surface area contributed by atoms with E-state index in [1.807, 2.05) is 28.8 Å². The molecule has 0 saturated carbocycles. The van der Waals surface area contributed by atoms with Crippen molar-refractivity contribution in [1.29, 1.82) is 0 Å². The van der Waals surface area contributed by atoms with Crippen molar-refractivity contribution in [3.05, 3.63) is 30.2 Å². The van der Waals surface area contributed by atoms with Crippen LogP contribution in [0.3, 0.4) is 0 Å². The summed E-state index contributed by atoms with van der Waals surface area (Å²) in [5, 5.41) is 10.8. The molecule has 2 rings (SSSR count). The van der Waals surface area contributed by atoms with Crippen LogP contribution in [0.25, 0.3) is 5.65 Å². The van der Waals surface area contributed by atoms with E-state index in [9.17, 15) is 4.79 Å². The Morgan fingerprint density at radius 2 is 2.29 bits per heavy atom. The first-order chi connectivity index (χ1) is 8.31. The number of hydrogen-bond acceptors (Lipinski definition) is 3. The molecule has 0 fully saturated rings. The predicted octanol–water partition coefficient (Wildman–Crippen LogP) is 1.36. The average Bonchev–Trinajstić information content (AvgIpc) is 2.77. The summed E-state index contributed by atoms with van der Waals surface area (Å²) in [5.41, 5.74) is 0.775. The van der Waals surface area contributed by atoms with E-state index in [0.29, 0.717) is 25.3 Å². The number of rotatable bonds is 5. The van der Waals surface area contributed by atoms with Gasteiger partial charge in [-0.1, -0.05) is 6.07 Å². The van der Waals surface area contributed by atoms with Gasteiger partial charge >= 0.3 is 0 Å². The Kier molecular flexibility index (Phi) is 3.93. The van der Waals surface area contributed by atoms with Crippen molar-refractivity contribution in [3.63, 3.8) is 0 Å². The van der Waals surface area contributed by atoms with Crippen LogP contribution in [0.4, 0.5) is 0 Å². The van der Waals surface area contributed by atoms with Gasteiger partial charge < -0.3 is 5.32 Å². The molecular formula is C11H13ClN4O. The predicted molar refractivity (Wildman–Crippen MR) is 64.8 cm³/mol. The smallest absolute Gasteiger partial charge is 0.220 e. The molecule has 2 heterocycles. The standard InChI is InChI=1S/C11H13ClN4O/c12-6-3-5-11(17)13-8-10-15-14-9-4-1-2-7-16(9)10/h1-2,4,7H,3,5-6,8H2,(H,13,17). The molecule has 1 amide bonds. The van der Waals surface area contributed by atoms with Crippen LogP contribution in [0.2, 0.25) is 0 Å². The third kappa shape index (κ3) is 2.94. The molecule has 5 nitrogen and oxygen atoms in total. The molecule has 0 aliphatic rings. The van der Waals surface area contributed by atoms with Gasteiger partial charge in [0.1, 0.15) is 0 Å². The summed E-state index contributed by atoms with van der Waals surface area (Å²) in [7, 11) is 0. The summed E-state index contributed by atoms with van der Waals surface area (Å²) < 4.78 is 1.85. The van der Waals surface area contributed by atoms with Crippen molar-refractivity contribution in [1.82, 2.24) is 19.9 Å². The molecular weight excluding hydrogens is 240 g/mol. The molecule has 0 saturated heterocycles. The Hall–Kier alpha value is -1.62. The molecule has 0 spiro atoms. The van der Waals surface area contributed by atoms with Crippen molar-refractivity contribution in [2.24, 2.45) is 0 Å². The van der Waals surface area contributed by atoms with Crippen molar-refractivity contribution in [2.45, 2.75) is 19.4 Å². The highest BCUT2D eigenvalue weighted by molar-refractivity contribution is 6.17. The summed E-state index contributed by atoms with van der Waals surface area (Å²) in [5.74, 6) is 1.21. The number of carbonyl (C=O) groups is 1. The maximum absolute atomic E-state index is 11.4. The van der Waals surface area contributed by atoms with Crippen LogP contribution >= 0.6 is 11.6 Å². The topological polar surface area (TPSA) is 59.3 Å². The molecule has 17 heavy (non-hydrogen) atoms. The van der Waals surface area contributed by atoms with Crippen molar-refractivity contribution < 1.29 is 4.79 Å². The lowest BCUT2D eigenvalue weighted by Gasteiger charge is -2.02. The molecule has 1 N–H and O–H groups in total. The average molecular weight is 253 g/mol. The largest absolute Gasteiger partial charge is 0.349 e. The fourth-order valence-corrected chi connectivity index (χ4v) is 1.64. The Labute approximate surface area is 104 Å². The quantitative estimate of drug-likeness (QED) is 0.818. The normalized spacial score (nSPS) is 10.6. The van der Waals surface area contributed by atoms with E-state index in [-0.39, 0.29) is 5.91 Å². The van der Waals surface area contributed by atoms with Crippen LogP contribution in [0.5, 0.6) is 0 Å². The van der Waals surface area contributed by atoms with E-state index in [4.69, 9.17) is 11.6 Å². The van der Waals surface area contributed by atoms with E-state index >= 15 is 0 Å². The summed E-state index contributed by atoms with van der Waals surface area (Å²) in [6.45, 7) is 0.381. The number of aromatic nitrogens is 3. The van der Waals surface area contributed by atoms with Gasteiger partial charge in [0.2, 0.25) is 5.91 Å². The summed E-state index contributed by atoms with van der Waals surface area (Å²) in [4.78, 5) is 11.4. The number of nitrogens with one attached hydrogen (secondary N) is 1. The maximum atomic E-state index is 11.4. The maximum Gasteiger partial charge on any atom is 0.220 e. The van der Waals surface area contributed by atoms with Gasteiger partial charge in [-0.25, -0.2) is 0 Å². The molecule has 0 radical (unpaired) electrons. The minimum atomic E-state index is -0.0154. The lowest BCUT2D eigenvalue weighted by Crippen LogP contribution is -2.23. The molecule has 0 aromatic carbocycles. The fraction of sp³-hybridized carbons (Fsp3) is 0.364. The lowest BCUT2D eigenvalue weighted by atomic mass is 10.3. The summed E-state index contributed by atoms with van der Waals surface area (Å²) in [6.07, 6.45) is 3.00. The Morgan fingerprint density at radius 3 is 3.12 bits per heavy atom. The highest BCUT2D eigenvalue weighted by Crippen LogP contribution is 2.02. The molecule has 2 aromatic heterocycles. The third-order valence-electron chi connectivity index (χ3n) is 2.37. The zero-order valence-corrected chi connectivity index (χ0v) is 10.0. The van der Waals surface area contributed by atoms with Gasteiger partial charge in [-0.15, -0.1) is 21.8 Å². The Bertz CT molecular complexity index is 511. The molecule has 6 heteroatoms. The minimum absolute atomic E-state index is 0.0154. The van der Waals surface area contributed by atoms with E-state index < -0.39 is 0 Å².